The highest BCUT2D eigenvalue weighted by Crippen LogP contribution is 2.12. The lowest BCUT2D eigenvalue weighted by Gasteiger charge is -2.17. The Balaban J connectivity index is 2.78. The molecule has 0 heterocycles. The molecule has 0 unspecified atom stereocenters. The highest BCUT2D eigenvalue weighted by molar-refractivity contribution is 5.94. The molecular weight excluding hydrogens is 268 g/mol. The molecule has 0 aromatic heterocycles. The van der Waals surface area contributed by atoms with E-state index in [1.165, 1.54) is 12.0 Å². The molecule has 21 heavy (non-hydrogen) atoms. The quantitative estimate of drug-likeness (QED) is 0.661. The highest BCUT2D eigenvalue weighted by atomic mass is 16.5. The predicted molar refractivity (Wildman–Crippen MR) is 80.7 cm³/mol. The summed E-state index contributed by atoms with van der Waals surface area (Å²) in [6.07, 6.45) is 0.178. The first-order valence-electron chi connectivity index (χ1n) is 6.61. The van der Waals surface area contributed by atoms with Gasteiger partial charge in [-0.05, 0) is 30.7 Å². The van der Waals surface area contributed by atoms with Crippen molar-refractivity contribution in [3.63, 3.8) is 0 Å². The van der Waals surface area contributed by atoms with E-state index in [4.69, 9.17) is 5.73 Å². The second-order valence-electron chi connectivity index (χ2n) is 4.59. The lowest BCUT2D eigenvalue weighted by molar-refractivity contribution is -0.140. The van der Waals surface area contributed by atoms with Crippen molar-refractivity contribution in [2.24, 2.45) is 5.73 Å². The van der Waals surface area contributed by atoms with E-state index in [0.29, 0.717) is 18.7 Å². The molecule has 0 saturated heterocycles. The first-order valence-corrected chi connectivity index (χ1v) is 6.61. The van der Waals surface area contributed by atoms with Crippen LogP contribution in [0.3, 0.4) is 0 Å². The molecule has 0 saturated carbocycles. The summed E-state index contributed by atoms with van der Waals surface area (Å²) in [6.45, 7) is 2.52. The zero-order chi connectivity index (χ0) is 15.8. The molecular formula is C16H20N2O3. The van der Waals surface area contributed by atoms with E-state index in [9.17, 15) is 9.59 Å². The third kappa shape index (κ3) is 4.93. The maximum absolute atomic E-state index is 12.2. The van der Waals surface area contributed by atoms with Crippen molar-refractivity contribution in [1.82, 2.24) is 4.90 Å². The van der Waals surface area contributed by atoms with Gasteiger partial charge in [-0.3, -0.25) is 9.59 Å². The Morgan fingerprint density at radius 1 is 1.38 bits per heavy atom. The van der Waals surface area contributed by atoms with Gasteiger partial charge in [0.2, 0.25) is 0 Å². The summed E-state index contributed by atoms with van der Waals surface area (Å²) in [7, 11) is 2.98. The van der Waals surface area contributed by atoms with Crippen LogP contribution in [0.25, 0.3) is 0 Å². The second-order valence-corrected chi connectivity index (χ2v) is 4.59. The molecule has 0 aliphatic heterocycles. The van der Waals surface area contributed by atoms with Crippen LogP contribution in [-0.2, 0) is 9.53 Å². The number of nitrogens with zero attached hydrogens (tertiary/aromatic N) is 1. The number of hydrogen-bond acceptors (Lipinski definition) is 4. The van der Waals surface area contributed by atoms with Gasteiger partial charge in [0.25, 0.3) is 5.91 Å². The summed E-state index contributed by atoms with van der Waals surface area (Å²) < 4.78 is 4.56. The standard InChI is InChI=1S/C16H20N2O3/c1-12-11-14(7-6-13(12)5-4-9-17)16(20)18(2)10-8-15(19)21-3/h6-7,11H,8-10,17H2,1-3H3. The Hall–Kier alpha value is -2.32. The van der Waals surface area contributed by atoms with Gasteiger partial charge in [-0.15, -0.1) is 0 Å². The summed E-state index contributed by atoms with van der Waals surface area (Å²) in [5.74, 6) is 5.27. The van der Waals surface area contributed by atoms with Crippen LogP contribution in [0.5, 0.6) is 0 Å². The summed E-state index contributed by atoms with van der Waals surface area (Å²) in [5.41, 5.74) is 7.68. The largest absolute Gasteiger partial charge is 0.469 e. The minimum atomic E-state index is -0.335. The van der Waals surface area contributed by atoms with Crippen LogP contribution < -0.4 is 5.73 Å². The molecule has 0 radical (unpaired) electrons. The number of amides is 1. The average Bonchev–Trinajstić information content (AvgIpc) is 2.50. The smallest absolute Gasteiger partial charge is 0.307 e. The Labute approximate surface area is 125 Å². The second kappa shape index (κ2) is 8.08. The molecule has 5 heteroatoms. The molecule has 5 nitrogen and oxygen atoms in total. The van der Waals surface area contributed by atoms with E-state index in [2.05, 4.69) is 16.6 Å². The predicted octanol–water partition coefficient (Wildman–Crippen LogP) is 0.940. The van der Waals surface area contributed by atoms with Gasteiger partial charge in [0.05, 0.1) is 20.1 Å². The van der Waals surface area contributed by atoms with E-state index in [1.807, 2.05) is 6.92 Å². The van der Waals surface area contributed by atoms with Gasteiger partial charge in [0, 0.05) is 24.7 Å². The van der Waals surface area contributed by atoms with Crippen LogP contribution in [0.1, 0.15) is 27.9 Å². The molecule has 0 aliphatic carbocycles. The van der Waals surface area contributed by atoms with Gasteiger partial charge >= 0.3 is 5.97 Å². The van der Waals surface area contributed by atoms with Crippen LogP contribution in [0, 0.1) is 18.8 Å². The van der Waals surface area contributed by atoms with E-state index in [1.54, 1.807) is 25.2 Å². The Morgan fingerprint density at radius 3 is 2.67 bits per heavy atom. The molecule has 0 fully saturated rings. The van der Waals surface area contributed by atoms with Crippen LogP contribution in [0.15, 0.2) is 18.2 Å². The van der Waals surface area contributed by atoms with Crippen molar-refractivity contribution < 1.29 is 14.3 Å². The Morgan fingerprint density at radius 2 is 2.10 bits per heavy atom. The number of carbonyl (C=O) groups is 2. The minimum Gasteiger partial charge on any atom is -0.469 e. The number of nitrogens with two attached hydrogens (primary N) is 1. The normalized spacial score (nSPS) is 9.52. The fraction of sp³-hybridized carbons (Fsp3) is 0.375. The van der Waals surface area contributed by atoms with Crippen LogP contribution >= 0.6 is 0 Å². The summed E-state index contributed by atoms with van der Waals surface area (Å²) in [5, 5.41) is 0. The minimum absolute atomic E-state index is 0.139. The number of aryl methyl sites for hydroxylation is 1. The molecule has 1 aromatic carbocycles. The maximum Gasteiger partial charge on any atom is 0.307 e. The molecule has 2 N–H and O–H groups in total. The van der Waals surface area contributed by atoms with Gasteiger partial charge in [0.15, 0.2) is 0 Å². The molecule has 0 atom stereocenters. The number of rotatable bonds is 4. The lowest BCUT2D eigenvalue weighted by Crippen LogP contribution is -2.29. The number of ether oxygens (including phenoxy) is 1. The summed E-state index contributed by atoms with van der Waals surface area (Å²) in [4.78, 5) is 24.8. The van der Waals surface area contributed by atoms with Crippen LogP contribution in [0.2, 0.25) is 0 Å². The van der Waals surface area contributed by atoms with Crippen molar-refractivity contribution in [3.05, 3.63) is 34.9 Å². The number of esters is 1. The third-order valence-electron chi connectivity index (χ3n) is 3.02. The monoisotopic (exact) mass is 288 g/mol. The zero-order valence-electron chi connectivity index (χ0n) is 12.6. The van der Waals surface area contributed by atoms with E-state index < -0.39 is 0 Å². The molecule has 1 aromatic rings. The molecule has 0 aliphatic rings. The molecule has 0 bridgehead atoms. The number of methoxy groups -OCH3 is 1. The summed E-state index contributed by atoms with van der Waals surface area (Å²) >= 11 is 0. The van der Waals surface area contributed by atoms with Gasteiger partial charge < -0.3 is 15.4 Å². The summed E-state index contributed by atoms with van der Waals surface area (Å²) in [6, 6.07) is 5.32. The van der Waals surface area contributed by atoms with Gasteiger partial charge in [-0.1, -0.05) is 11.8 Å². The molecule has 112 valence electrons. The van der Waals surface area contributed by atoms with Crippen molar-refractivity contribution in [2.45, 2.75) is 13.3 Å². The van der Waals surface area contributed by atoms with Gasteiger partial charge in [0.1, 0.15) is 0 Å². The molecule has 1 rings (SSSR count). The zero-order valence-corrected chi connectivity index (χ0v) is 12.6. The van der Waals surface area contributed by atoms with E-state index in [0.717, 1.165) is 11.1 Å². The van der Waals surface area contributed by atoms with Crippen molar-refractivity contribution >= 4 is 11.9 Å². The SMILES string of the molecule is COC(=O)CCN(C)C(=O)c1ccc(C#CCN)c(C)c1. The fourth-order valence-electron chi connectivity index (χ4n) is 1.77. The van der Waals surface area contributed by atoms with Crippen LogP contribution in [-0.4, -0.2) is 44.0 Å². The average molecular weight is 288 g/mol. The molecule has 0 spiro atoms. The van der Waals surface area contributed by atoms with E-state index in [-0.39, 0.29) is 18.3 Å². The van der Waals surface area contributed by atoms with Crippen LogP contribution in [0.4, 0.5) is 0 Å². The van der Waals surface area contributed by atoms with Gasteiger partial charge in [-0.25, -0.2) is 0 Å². The lowest BCUT2D eigenvalue weighted by atomic mass is 10.0. The first kappa shape index (κ1) is 16.7. The Kier molecular flexibility index (Phi) is 6.44. The number of carbonyl (C=O) groups excluding carboxylic acids is 2. The van der Waals surface area contributed by atoms with Gasteiger partial charge in [-0.2, -0.15) is 0 Å². The first-order chi connectivity index (χ1) is 9.99. The number of hydrogen-bond donors (Lipinski definition) is 1. The number of benzene rings is 1. The third-order valence-corrected chi connectivity index (χ3v) is 3.02. The maximum atomic E-state index is 12.2. The Bertz CT molecular complexity index is 585. The molecule has 1 amide bonds. The van der Waals surface area contributed by atoms with Crippen molar-refractivity contribution in [1.29, 1.82) is 0 Å². The van der Waals surface area contributed by atoms with E-state index >= 15 is 0 Å². The fourth-order valence-corrected chi connectivity index (χ4v) is 1.77. The van der Waals surface area contributed by atoms with Crippen molar-refractivity contribution in [3.8, 4) is 11.8 Å². The van der Waals surface area contributed by atoms with Crippen molar-refractivity contribution in [2.75, 3.05) is 27.2 Å². The highest BCUT2D eigenvalue weighted by Gasteiger charge is 2.13. The topological polar surface area (TPSA) is 72.6 Å².